The van der Waals surface area contributed by atoms with Gasteiger partial charge in [-0.25, -0.2) is 0 Å². The highest BCUT2D eigenvalue weighted by Gasteiger charge is 2.27. The van der Waals surface area contributed by atoms with E-state index in [2.05, 4.69) is 16.9 Å². The molecule has 19 heavy (non-hydrogen) atoms. The molecule has 0 saturated heterocycles. The summed E-state index contributed by atoms with van der Waals surface area (Å²) in [7, 11) is 1.64. The van der Waals surface area contributed by atoms with Crippen LogP contribution in [0.2, 0.25) is 0 Å². The van der Waals surface area contributed by atoms with Crippen LogP contribution >= 0.6 is 11.8 Å². The summed E-state index contributed by atoms with van der Waals surface area (Å²) in [6.07, 6.45) is 5.76. The largest absolute Gasteiger partial charge is 0.399 e. The molecule has 0 radical (unpaired) electrons. The second-order valence-corrected chi connectivity index (χ2v) is 5.92. The first kappa shape index (κ1) is 14.1. The van der Waals surface area contributed by atoms with Crippen molar-refractivity contribution in [1.82, 2.24) is 5.32 Å². The van der Waals surface area contributed by atoms with E-state index < -0.39 is 0 Å². The molecular weight excluding hydrogens is 258 g/mol. The third-order valence-corrected chi connectivity index (χ3v) is 4.78. The van der Waals surface area contributed by atoms with E-state index in [1.165, 1.54) is 12.8 Å². The average Bonchev–Trinajstić information content (AvgIpc) is 2.85. The van der Waals surface area contributed by atoms with E-state index in [4.69, 9.17) is 5.73 Å². The van der Waals surface area contributed by atoms with Crippen LogP contribution in [0, 0.1) is 0 Å². The Kier molecular flexibility index (Phi) is 4.58. The maximum atomic E-state index is 11.9. The Morgan fingerprint density at radius 3 is 2.89 bits per heavy atom. The zero-order valence-electron chi connectivity index (χ0n) is 11.4. The van der Waals surface area contributed by atoms with Crippen molar-refractivity contribution in [3.8, 4) is 0 Å². The fourth-order valence-electron chi connectivity index (χ4n) is 2.59. The predicted molar refractivity (Wildman–Crippen MR) is 82.8 cm³/mol. The molecule has 1 aliphatic rings. The molecule has 5 heteroatoms. The molecular formula is C14H21N3OS. The van der Waals surface area contributed by atoms with Crippen molar-refractivity contribution in [2.45, 2.75) is 30.6 Å². The van der Waals surface area contributed by atoms with Gasteiger partial charge in [0, 0.05) is 29.7 Å². The third kappa shape index (κ3) is 3.15. The van der Waals surface area contributed by atoms with Crippen molar-refractivity contribution >= 4 is 29.0 Å². The molecule has 2 atom stereocenters. The van der Waals surface area contributed by atoms with Gasteiger partial charge in [-0.05, 0) is 37.3 Å². The van der Waals surface area contributed by atoms with Crippen molar-refractivity contribution in [3.63, 3.8) is 0 Å². The second kappa shape index (κ2) is 6.19. The summed E-state index contributed by atoms with van der Waals surface area (Å²) in [5, 5.41) is 6.78. The summed E-state index contributed by atoms with van der Waals surface area (Å²) in [6, 6.07) is 5.80. The topological polar surface area (TPSA) is 67.2 Å². The van der Waals surface area contributed by atoms with Crippen LogP contribution in [0.5, 0.6) is 0 Å². The van der Waals surface area contributed by atoms with Crippen molar-refractivity contribution in [1.29, 1.82) is 0 Å². The van der Waals surface area contributed by atoms with E-state index in [1.807, 2.05) is 17.8 Å². The number of nitrogens with two attached hydrogens (primary N) is 1. The molecule has 2 unspecified atom stereocenters. The van der Waals surface area contributed by atoms with Crippen LogP contribution in [0.4, 0.5) is 11.4 Å². The molecule has 1 aliphatic carbocycles. The van der Waals surface area contributed by atoms with Gasteiger partial charge in [0.25, 0.3) is 5.91 Å². The number of amides is 1. The third-order valence-electron chi connectivity index (χ3n) is 3.61. The Hall–Kier alpha value is -1.36. The molecule has 104 valence electrons. The van der Waals surface area contributed by atoms with Gasteiger partial charge in [0.1, 0.15) is 0 Å². The number of benzene rings is 1. The second-order valence-electron chi connectivity index (χ2n) is 4.84. The molecule has 0 aromatic heterocycles. The van der Waals surface area contributed by atoms with Gasteiger partial charge in [0.15, 0.2) is 0 Å². The number of hydrogen-bond donors (Lipinski definition) is 3. The lowest BCUT2D eigenvalue weighted by atomic mass is 10.1. The quantitative estimate of drug-likeness (QED) is 0.740. The zero-order valence-corrected chi connectivity index (χ0v) is 12.2. The molecule has 0 aliphatic heterocycles. The van der Waals surface area contributed by atoms with Gasteiger partial charge in [-0.15, -0.1) is 0 Å². The van der Waals surface area contributed by atoms with E-state index in [9.17, 15) is 4.79 Å². The minimum atomic E-state index is -0.0822. The van der Waals surface area contributed by atoms with Crippen molar-refractivity contribution in [3.05, 3.63) is 23.8 Å². The van der Waals surface area contributed by atoms with Crippen LogP contribution in [0.15, 0.2) is 18.2 Å². The average molecular weight is 279 g/mol. The maximum absolute atomic E-state index is 11.9. The Morgan fingerprint density at radius 2 is 2.21 bits per heavy atom. The first-order valence-electron chi connectivity index (χ1n) is 6.56. The first-order valence-corrected chi connectivity index (χ1v) is 7.85. The van der Waals surface area contributed by atoms with Crippen LogP contribution in [0.1, 0.15) is 29.6 Å². The van der Waals surface area contributed by atoms with E-state index in [1.54, 1.807) is 19.2 Å². The molecule has 1 aromatic rings. The lowest BCUT2D eigenvalue weighted by molar-refractivity contribution is 0.0964. The molecule has 1 amide bonds. The summed E-state index contributed by atoms with van der Waals surface area (Å²) in [4.78, 5) is 11.9. The number of anilines is 2. The van der Waals surface area contributed by atoms with E-state index in [0.717, 1.165) is 12.1 Å². The van der Waals surface area contributed by atoms with Crippen LogP contribution in [-0.2, 0) is 0 Å². The fourth-order valence-corrected chi connectivity index (χ4v) is 3.52. The standard InChI is InChI=1S/C14H21N3OS/c1-16-14(18)10-7-6-9(15)8-12(10)17-11-4-3-5-13(11)19-2/h6-8,11,13,17H,3-5,15H2,1-2H3,(H,16,18). The van der Waals surface area contributed by atoms with Crippen LogP contribution in [0.25, 0.3) is 0 Å². The maximum Gasteiger partial charge on any atom is 0.253 e. The van der Waals surface area contributed by atoms with Gasteiger partial charge < -0.3 is 16.4 Å². The number of thioether (sulfide) groups is 1. The number of rotatable bonds is 4. The Labute approximate surface area is 118 Å². The molecule has 1 aromatic carbocycles. The van der Waals surface area contributed by atoms with Crippen LogP contribution in [-0.4, -0.2) is 30.5 Å². The summed E-state index contributed by atoms with van der Waals surface area (Å²) in [6.45, 7) is 0. The summed E-state index contributed by atoms with van der Waals surface area (Å²) in [5.74, 6) is -0.0822. The molecule has 4 nitrogen and oxygen atoms in total. The van der Waals surface area contributed by atoms with Crippen molar-refractivity contribution < 1.29 is 4.79 Å². The number of carbonyl (C=O) groups is 1. The molecule has 0 heterocycles. The minimum Gasteiger partial charge on any atom is -0.399 e. The van der Waals surface area contributed by atoms with Gasteiger partial charge >= 0.3 is 0 Å². The zero-order chi connectivity index (χ0) is 13.8. The van der Waals surface area contributed by atoms with E-state index in [-0.39, 0.29) is 5.91 Å². The summed E-state index contributed by atoms with van der Waals surface area (Å²) < 4.78 is 0. The molecule has 4 N–H and O–H groups in total. The lowest BCUT2D eigenvalue weighted by Crippen LogP contribution is -2.28. The normalized spacial score (nSPS) is 22.2. The smallest absolute Gasteiger partial charge is 0.253 e. The van der Waals surface area contributed by atoms with Gasteiger partial charge in [-0.3, -0.25) is 4.79 Å². The predicted octanol–water partition coefficient (Wildman–Crippen LogP) is 2.32. The monoisotopic (exact) mass is 279 g/mol. The number of carbonyl (C=O) groups excluding carboxylic acids is 1. The highest BCUT2D eigenvalue weighted by Crippen LogP contribution is 2.32. The highest BCUT2D eigenvalue weighted by atomic mass is 32.2. The molecule has 1 fully saturated rings. The molecule has 1 saturated carbocycles. The van der Waals surface area contributed by atoms with E-state index >= 15 is 0 Å². The first-order chi connectivity index (χ1) is 9.15. The van der Waals surface area contributed by atoms with Gasteiger partial charge in [-0.1, -0.05) is 6.42 Å². The van der Waals surface area contributed by atoms with Gasteiger partial charge in [0.05, 0.1) is 5.56 Å². The summed E-state index contributed by atoms with van der Waals surface area (Å²) in [5.41, 5.74) is 8.00. The Bertz CT molecular complexity index is 464. The number of nitrogen functional groups attached to an aromatic ring is 1. The lowest BCUT2D eigenvalue weighted by Gasteiger charge is -2.22. The molecule has 0 bridgehead atoms. The van der Waals surface area contributed by atoms with Crippen molar-refractivity contribution in [2.75, 3.05) is 24.4 Å². The minimum absolute atomic E-state index is 0.0822. The van der Waals surface area contributed by atoms with Crippen LogP contribution in [0.3, 0.4) is 0 Å². The number of hydrogen-bond acceptors (Lipinski definition) is 4. The number of nitrogens with one attached hydrogen (secondary N) is 2. The van der Waals surface area contributed by atoms with Gasteiger partial charge in [-0.2, -0.15) is 11.8 Å². The van der Waals surface area contributed by atoms with Crippen molar-refractivity contribution in [2.24, 2.45) is 0 Å². The van der Waals surface area contributed by atoms with Crippen LogP contribution < -0.4 is 16.4 Å². The highest BCUT2D eigenvalue weighted by molar-refractivity contribution is 7.99. The Morgan fingerprint density at radius 1 is 1.42 bits per heavy atom. The molecule has 0 spiro atoms. The SMILES string of the molecule is CNC(=O)c1ccc(N)cc1NC1CCCC1SC. The summed E-state index contributed by atoms with van der Waals surface area (Å²) >= 11 is 1.89. The van der Waals surface area contributed by atoms with Gasteiger partial charge in [0.2, 0.25) is 0 Å². The molecule has 2 rings (SSSR count). The Balaban J connectivity index is 2.23. The van der Waals surface area contributed by atoms with E-state index in [0.29, 0.717) is 22.5 Å². The fraction of sp³-hybridized carbons (Fsp3) is 0.500.